The summed E-state index contributed by atoms with van der Waals surface area (Å²) in [5.41, 5.74) is 6.47. The van der Waals surface area contributed by atoms with Gasteiger partial charge in [0, 0.05) is 13.0 Å². The summed E-state index contributed by atoms with van der Waals surface area (Å²) in [6, 6.07) is 7.77. The van der Waals surface area contributed by atoms with E-state index in [-0.39, 0.29) is 11.4 Å². The average molecular weight is 278 g/mol. The predicted molar refractivity (Wildman–Crippen MR) is 81.8 cm³/mol. The number of para-hydroxylation sites is 1. The van der Waals surface area contributed by atoms with Crippen molar-refractivity contribution >= 4 is 5.91 Å². The zero-order valence-electron chi connectivity index (χ0n) is 12.9. The standard InChI is InChI=1S/C16H26N2O2/c1-12(2)16(3,11-17)18-15(19)10-9-13-7-5-6-8-14(13)20-4/h5-8,12H,9-11,17H2,1-4H3,(H,18,19). The minimum Gasteiger partial charge on any atom is -0.496 e. The Hall–Kier alpha value is -1.55. The van der Waals surface area contributed by atoms with Crippen LogP contribution in [0.2, 0.25) is 0 Å². The van der Waals surface area contributed by atoms with Gasteiger partial charge in [-0.05, 0) is 30.9 Å². The van der Waals surface area contributed by atoms with E-state index in [0.717, 1.165) is 11.3 Å². The maximum atomic E-state index is 12.1. The smallest absolute Gasteiger partial charge is 0.220 e. The molecule has 1 rings (SSSR count). The third kappa shape index (κ3) is 4.23. The molecule has 0 saturated carbocycles. The van der Waals surface area contributed by atoms with Crippen molar-refractivity contribution in [2.24, 2.45) is 11.7 Å². The van der Waals surface area contributed by atoms with Crippen LogP contribution in [-0.4, -0.2) is 25.1 Å². The summed E-state index contributed by atoms with van der Waals surface area (Å²) in [6.45, 7) is 6.55. The molecule has 0 fully saturated rings. The molecule has 3 N–H and O–H groups in total. The molecule has 1 unspecified atom stereocenters. The zero-order chi connectivity index (χ0) is 15.2. The molecule has 0 aliphatic heterocycles. The number of hydrogen-bond donors (Lipinski definition) is 2. The van der Waals surface area contributed by atoms with Crippen LogP contribution in [0.15, 0.2) is 24.3 Å². The highest BCUT2D eigenvalue weighted by atomic mass is 16.5. The molecule has 1 atom stereocenters. The molecule has 0 bridgehead atoms. The second-order valence-electron chi connectivity index (χ2n) is 5.64. The SMILES string of the molecule is COc1ccccc1CCC(=O)NC(C)(CN)C(C)C. The molecule has 0 radical (unpaired) electrons. The van der Waals surface area contributed by atoms with Gasteiger partial charge in [0.15, 0.2) is 0 Å². The fourth-order valence-electron chi connectivity index (χ4n) is 1.97. The highest BCUT2D eigenvalue weighted by molar-refractivity contribution is 5.77. The summed E-state index contributed by atoms with van der Waals surface area (Å²) in [5, 5.41) is 3.05. The summed E-state index contributed by atoms with van der Waals surface area (Å²) < 4.78 is 5.29. The Morgan fingerprint density at radius 3 is 2.60 bits per heavy atom. The number of nitrogens with one attached hydrogen (secondary N) is 1. The molecule has 0 saturated heterocycles. The third-order valence-electron chi connectivity index (χ3n) is 3.94. The monoisotopic (exact) mass is 278 g/mol. The van der Waals surface area contributed by atoms with E-state index >= 15 is 0 Å². The van der Waals surface area contributed by atoms with Crippen LogP contribution in [0.1, 0.15) is 32.8 Å². The summed E-state index contributed by atoms with van der Waals surface area (Å²) in [5.74, 6) is 1.14. The van der Waals surface area contributed by atoms with Crippen molar-refractivity contribution in [3.63, 3.8) is 0 Å². The first kappa shape index (κ1) is 16.5. The lowest BCUT2D eigenvalue weighted by atomic mass is 9.88. The van der Waals surface area contributed by atoms with Gasteiger partial charge in [0.2, 0.25) is 5.91 Å². The highest BCUT2D eigenvalue weighted by Gasteiger charge is 2.28. The van der Waals surface area contributed by atoms with E-state index < -0.39 is 0 Å². The lowest BCUT2D eigenvalue weighted by Crippen LogP contribution is -2.55. The molecule has 0 heterocycles. The summed E-state index contributed by atoms with van der Waals surface area (Å²) in [6.07, 6.45) is 1.09. The molecule has 4 heteroatoms. The number of benzene rings is 1. The lowest BCUT2D eigenvalue weighted by molar-refractivity contribution is -0.123. The zero-order valence-corrected chi connectivity index (χ0v) is 12.9. The largest absolute Gasteiger partial charge is 0.496 e. The van der Waals surface area contributed by atoms with Gasteiger partial charge in [-0.3, -0.25) is 4.79 Å². The molecule has 0 aliphatic carbocycles. The Bertz CT molecular complexity index is 446. The van der Waals surface area contributed by atoms with E-state index in [2.05, 4.69) is 19.2 Å². The number of rotatable bonds is 7. The first-order valence-corrected chi connectivity index (χ1v) is 7.06. The molecule has 1 amide bonds. The van der Waals surface area contributed by atoms with Gasteiger partial charge in [-0.2, -0.15) is 0 Å². The van der Waals surface area contributed by atoms with Gasteiger partial charge in [-0.1, -0.05) is 32.0 Å². The molecular formula is C16H26N2O2. The van der Waals surface area contributed by atoms with Crippen molar-refractivity contribution in [3.8, 4) is 5.75 Å². The number of carbonyl (C=O) groups is 1. The summed E-state index contributed by atoms with van der Waals surface area (Å²) in [7, 11) is 1.64. The van der Waals surface area contributed by atoms with Crippen molar-refractivity contribution in [1.29, 1.82) is 0 Å². The Morgan fingerprint density at radius 1 is 1.40 bits per heavy atom. The molecule has 0 aromatic heterocycles. The number of hydrogen-bond acceptors (Lipinski definition) is 3. The lowest BCUT2D eigenvalue weighted by Gasteiger charge is -2.33. The normalized spacial score (nSPS) is 13.9. The van der Waals surface area contributed by atoms with E-state index in [4.69, 9.17) is 10.5 Å². The van der Waals surface area contributed by atoms with E-state index in [1.807, 2.05) is 31.2 Å². The van der Waals surface area contributed by atoms with Crippen LogP contribution in [0.5, 0.6) is 5.75 Å². The maximum Gasteiger partial charge on any atom is 0.220 e. The van der Waals surface area contributed by atoms with Gasteiger partial charge in [-0.25, -0.2) is 0 Å². The number of aryl methyl sites for hydroxylation is 1. The van der Waals surface area contributed by atoms with Crippen molar-refractivity contribution in [1.82, 2.24) is 5.32 Å². The molecule has 0 spiro atoms. The van der Waals surface area contributed by atoms with Gasteiger partial charge in [0.25, 0.3) is 0 Å². The fraction of sp³-hybridized carbons (Fsp3) is 0.562. The van der Waals surface area contributed by atoms with E-state index in [9.17, 15) is 4.79 Å². The predicted octanol–water partition coefficient (Wildman–Crippen LogP) is 2.12. The van der Waals surface area contributed by atoms with Gasteiger partial charge in [0.1, 0.15) is 5.75 Å². The maximum absolute atomic E-state index is 12.1. The topological polar surface area (TPSA) is 64.3 Å². The number of ether oxygens (including phenoxy) is 1. The van der Waals surface area contributed by atoms with E-state index in [0.29, 0.717) is 25.3 Å². The number of carbonyl (C=O) groups excluding carboxylic acids is 1. The van der Waals surface area contributed by atoms with Crippen LogP contribution in [0.3, 0.4) is 0 Å². The van der Waals surface area contributed by atoms with Gasteiger partial charge in [-0.15, -0.1) is 0 Å². The minimum atomic E-state index is -0.349. The Balaban J connectivity index is 2.59. The first-order valence-electron chi connectivity index (χ1n) is 7.06. The second kappa shape index (κ2) is 7.29. The van der Waals surface area contributed by atoms with Crippen LogP contribution in [-0.2, 0) is 11.2 Å². The third-order valence-corrected chi connectivity index (χ3v) is 3.94. The molecule has 1 aromatic carbocycles. The van der Waals surface area contributed by atoms with Crippen LogP contribution in [0.25, 0.3) is 0 Å². The second-order valence-corrected chi connectivity index (χ2v) is 5.64. The van der Waals surface area contributed by atoms with Gasteiger partial charge in [0.05, 0.1) is 12.6 Å². The molecule has 1 aromatic rings. The minimum absolute atomic E-state index is 0.0255. The molecule has 0 aliphatic rings. The molecular weight excluding hydrogens is 252 g/mol. The Labute approximate surface area is 121 Å². The van der Waals surface area contributed by atoms with Crippen LogP contribution >= 0.6 is 0 Å². The molecule has 20 heavy (non-hydrogen) atoms. The van der Waals surface area contributed by atoms with Crippen molar-refractivity contribution in [3.05, 3.63) is 29.8 Å². The summed E-state index contributed by atoms with van der Waals surface area (Å²) >= 11 is 0. The van der Waals surface area contributed by atoms with Crippen molar-refractivity contribution in [2.45, 2.75) is 39.2 Å². The van der Waals surface area contributed by atoms with Crippen LogP contribution < -0.4 is 15.8 Å². The number of methoxy groups -OCH3 is 1. The average Bonchev–Trinajstić information content (AvgIpc) is 2.45. The van der Waals surface area contributed by atoms with E-state index in [1.54, 1.807) is 7.11 Å². The molecule has 4 nitrogen and oxygen atoms in total. The fourth-order valence-corrected chi connectivity index (χ4v) is 1.97. The Morgan fingerprint density at radius 2 is 2.05 bits per heavy atom. The number of amides is 1. The van der Waals surface area contributed by atoms with Crippen molar-refractivity contribution < 1.29 is 9.53 Å². The van der Waals surface area contributed by atoms with Crippen molar-refractivity contribution in [2.75, 3.05) is 13.7 Å². The number of nitrogens with two attached hydrogens (primary N) is 1. The van der Waals surface area contributed by atoms with Crippen LogP contribution in [0.4, 0.5) is 0 Å². The highest BCUT2D eigenvalue weighted by Crippen LogP contribution is 2.19. The quantitative estimate of drug-likeness (QED) is 0.803. The van der Waals surface area contributed by atoms with Crippen LogP contribution in [0, 0.1) is 5.92 Å². The van der Waals surface area contributed by atoms with Gasteiger partial charge >= 0.3 is 0 Å². The van der Waals surface area contributed by atoms with Gasteiger partial charge < -0.3 is 15.8 Å². The molecule has 112 valence electrons. The summed E-state index contributed by atoms with van der Waals surface area (Å²) in [4.78, 5) is 12.1. The first-order chi connectivity index (χ1) is 9.42. The van der Waals surface area contributed by atoms with E-state index in [1.165, 1.54) is 0 Å². The Kier molecular flexibility index (Phi) is 6.02.